The van der Waals surface area contributed by atoms with E-state index in [-0.39, 0.29) is 36.0 Å². The fourth-order valence-corrected chi connectivity index (χ4v) is 7.33. The third-order valence-corrected chi connectivity index (χ3v) is 9.91. The zero-order valence-corrected chi connectivity index (χ0v) is 27.4. The van der Waals surface area contributed by atoms with Gasteiger partial charge in [-0.15, -0.1) is 0 Å². The summed E-state index contributed by atoms with van der Waals surface area (Å²) in [6.07, 6.45) is 6.31. The van der Waals surface area contributed by atoms with Crippen molar-refractivity contribution < 1.29 is 9.59 Å². The van der Waals surface area contributed by atoms with Crippen LogP contribution in [-0.2, 0) is 29.0 Å². The Labute approximate surface area is 283 Å². The number of nitrogens with two attached hydrogens (primary N) is 1. The fraction of sp³-hybridized carbons (Fsp3) is 0.263. The van der Waals surface area contributed by atoms with E-state index in [1.165, 1.54) is 11.1 Å². The number of halogens is 1. The van der Waals surface area contributed by atoms with Gasteiger partial charge in [0.25, 0.3) is 5.56 Å². The standard InChI is InChI=1S/C38H37ClN6O3/c1-22-30(25-12-13-45-34(17-25)42-20-27(38(45)48)19-41-21-28-10-11-35(46)43-28)4-2-5-31(22)33-7-3-6-32(37(33)39)24-9-8-23-15-29(16-26(23)14-24)44-36(47)18-40/h2-9,12-14,17,20,28-29,41H,10-11,15-16,18-19,21,40H2,1H3,(H,43,46)(H,44,47)/t28-,29-/m1/s1. The summed E-state index contributed by atoms with van der Waals surface area (Å²) in [5, 5.41) is 9.89. The largest absolute Gasteiger partial charge is 0.352 e. The summed E-state index contributed by atoms with van der Waals surface area (Å²) in [6, 6.07) is 22.7. The van der Waals surface area contributed by atoms with Crippen LogP contribution in [0.25, 0.3) is 39.0 Å². The fourth-order valence-electron chi connectivity index (χ4n) is 6.99. The second-order valence-electron chi connectivity index (χ2n) is 12.7. The number of benzene rings is 3. The van der Waals surface area contributed by atoms with E-state index in [0.29, 0.717) is 35.7 Å². The van der Waals surface area contributed by atoms with Gasteiger partial charge in [0, 0.05) is 60.7 Å². The second-order valence-corrected chi connectivity index (χ2v) is 13.0. The van der Waals surface area contributed by atoms with Gasteiger partial charge in [0.05, 0.1) is 11.6 Å². The normalized spacial score (nSPS) is 17.0. The lowest BCUT2D eigenvalue weighted by molar-refractivity contribution is -0.120. The van der Waals surface area contributed by atoms with E-state index < -0.39 is 0 Å². The van der Waals surface area contributed by atoms with Gasteiger partial charge < -0.3 is 21.7 Å². The molecule has 0 bridgehead atoms. The summed E-state index contributed by atoms with van der Waals surface area (Å²) >= 11 is 7.16. The van der Waals surface area contributed by atoms with E-state index in [9.17, 15) is 14.4 Å². The van der Waals surface area contributed by atoms with Crippen molar-refractivity contribution in [2.45, 2.75) is 51.2 Å². The summed E-state index contributed by atoms with van der Waals surface area (Å²) in [5.41, 5.74) is 15.9. The molecule has 5 aromatic rings. The number of fused-ring (bicyclic) bond motifs is 2. The minimum atomic E-state index is -0.138. The summed E-state index contributed by atoms with van der Waals surface area (Å²) in [5.74, 6) is -0.0643. The number of nitrogens with one attached hydrogen (secondary N) is 3. The van der Waals surface area contributed by atoms with Crippen LogP contribution in [0.5, 0.6) is 0 Å². The average molecular weight is 661 g/mol. The molecule has 1 saturated heterocycles. The minimum Gasteiger partial charge on any atom is -0.352 e. The molecule has 0 saturated carbocycles. The molecule has 244 valence electrons. The highest BCUT2D eigenvalue weighted by Crippen LogP contribution is 2.41. The monoisotopic (exact) mass is 660 g/mol. The van der Waals surface area contributed by atoms with Gasteiger partial charge in [0.2, 0.25) is 11.8 Å². The Bertz CT molecular complexity index is 2130. The van der Waals surface area contributed by atoms with Crippen molar-refractivity contribution in [3.63, 3.8) is 0 Å². The van der Waals surface area contributed by atoms with Crippen LogP contribution in [0, 0.1) is 6.92 Å². The first kappa shape index (κ1) is 31.8. The Kier molecular flexibility index (Phi) is 8.83. The molecule has 0 spiro atoms. The van der Waals surface area contributed by atoms with E-state index in [1.807, 2.05) is 36.4 Å². The number of nitrogens with zero attached hydrogens (tertiary/aromatic N) is 2. The van der Waals surface area contributed by atoms with Crippen LogP contribution < -0.4 is 27.2 Å². The zero-order chi connectivity index (χ0) is 33.4. The lowest BCUT2D eigenvalue weighted by Crippen LogP contribution is -2.39. The molecule has 2 atom stereocenters. The third kappa shape index (κ3) is 6.24. The number of amides is 2. The molecule has 0 unspecified atom stereocenters. The van der Waals surface area contributed by atoms with Crippen LogP contribution >= 0.6 is 11.6 Å². The van der Waals surface area contributed by atoms with Gasteiger partial charge >= 0.3 is 0 Å². The predicted octanol–water partition coefficient (Wildman–Crippen LogP) is 4.57. The first-order chi connectivity index (χ1) is 23.3. The van der Waals surface area contributed by atoms with Crippen molar-refractivity contribution in [3.8, 4) is 33.4 Å². The molecule has 0 radical (unpaired) electrons. The van der Waals surface area contributed by atoms with E-state index in [4.69, 9.17) is 17.3 Å². The van der Waals surface area contributed by atoms with Crippen LogP contribution in [-0.4, -0.2) is 46.4 Å². The van der Waals surface area contributed by atoms with Crippen molar-refractivity contribution >= 4 is 29.1 Å². The molecule has 3 heterocycles. The van der Waals surface area contributed by atoms with Gasteiger partial charge in [0.15, 0.2) is 0 Å². The maximum Gasteiger partial charge on any atom is 0.262 e. The molecule has 2 aliphatic rings. The number of aromatic nitrogens is 2. The quantitative estimate of drug-likeness (QED) is 0.183. The lowest BCUT2D eigenvalue weighted by Gasteiger charge is -2.16. The Hall–Kier alpha value is -4.83. The number of carbonyl (C=O) groups is 2. The average Bonchev–Trinajstić information content (AvgIpc) is 3.70. The van der Waals surface area contributed by atoms with Gasteiger partial charge in [-0.25, -0.2) is 4.98 Å². The van der Waals surface area contributed by atoms with Crippen LogP contribution in [0.4, 0.5) is 0 Å². The van der Waals surface area contributed by atoms with Crippen LogP contribution in [0.15, 0.2) is 83.9 Å². The van der Waals surface area contributed by atoms with Crippen molar-refractivity contribution in [3.05, 3.63) is 117 Å². The molecule has 3 aromatic carbocycles. The Morgan fingerprint density at radius 1 is 0.979 bits per heavy atom. The minimum absolute atomic E-state index is 0.0114. The molecule has 1 fully saturated rings. The second kappa shape index (κ2) is 13.4. The summed E-state index contributed by atoms with van der Waals surface area (Å²) < 4.78 is 1.57. The predicted molar refractivity (Wildman–Crippen MR) is 189 cm³/mol. The molecular weight excluding hydrogens is 624 g/mol. The van der Waals surface area contributed by atoms with Gasteiger partial charge in [-0.2, -0.15) is 0 Å². The van der Waals surface area contributed by atoms with Crippen molar-refractivity contribution in [2.24, 2.45) is 5.73 Å². The molecule has 5 N–H and O–H groups in total. The first-order valence-corrected chi connectivity index (χ1v) is 16.7. The molecular formula is C38H37ClN6O3. The van der Waals surface area contributed by atoms with Gasteiger partial charge in [0.1, 0.15) is 5.65 Å². The summed E-state index contributed by atoms with van der Waals surface area (Å²) in [6.45, 7) is 3.06. The van der Waals surface area contributed by atoms with Crippen molar-refractivity contribution in [2.75, 3.05) is 13.1 Å². The number of hydrogen-bond acceptors (Lipinski definition) is 6. The molecule has 2 aromatic heterocycles. The topological polar surface area (TPSA) is 131 Å². The molecule has 2 amide bonds. The number of carbonyl (C=O) groups excluding carboxylic acids is 2. The lowest BCUT2D eigenvalue weighted by atomic mass is 9.91. The molecule has 7 rings (SSSR count). The SMILES string of the molecule is Cc1c(-c2ccn3c(=O)c(CNC[C@H]4CCC(=O)N4)cnc3c2)cccc1-c1cccc(-c2ccc3c(c2)C[C@H](NC(=O)CN)C3)c1Cl. The number of rotatable bonds is 9. The van der Waals surface area contributed by atoms with E-state index in [0.717, 1.165) is 58.2 Å². The van der Waals surface area contributed by atoms with Crippen LogP contribution in [0.3, 0.4) is 0 Å². The highest BCUT2D eigenvalue weighted by atomic mass is 35.5. The summed E-state index contributed by atoms with van der Waals surface area (Å²) in [4.78, 5) is 41.2. The Morgan fingerprint density at radius 2 is 1.73 bits per heavy atom. The van der Waals surface area contributed by atoms with E-state index in [1.54, 1.807) is 16.8 Å². The van der Waals surface area contributed by atoms with E-state index in [2.05, 4.69) is 58.2 Å². The molecule has 10 heteroatoms. The van der Waals surface area contributed by atoms with Crippen molar-refractivity contribution in [1.29, 1.82) is 0 Å². The zero-order valence-electron chi connectivity index (χ0n) is 26.7. The Balaban J connectivity index is 1.13. The summed E-state index contributed by atoms with van der Waals surface area (Å²) in [7, 11) is 0. The van der Waals surface area contributed by atoms with Crippen molar-refractivity contribution in [1.82, 2.24) is 25.3 Å². The van der Waals surface area contributed by atoms with Gasteiger partial charge in [-0.1, -0.05) is 66.2 Å². The highest BCUT2D eigenvalue weighted by molar-refractivity contribution is 6.36. The maximum atomic E-state index is 13.3. The van der Waals surface area contributed by atoms with E-state index >= 15 is 0 Å². The van der Waals surface area contributed by atoms with Gasteiger partial charge in [-0.3, -0.25) is 18.8 Å². The third-order valence-electron chi connectivity index (χ3n) is 9.51. The molecule has 48 heavy (non-hydrogen) atoms. The number of hydrogen-bond donors (Lipinski definition) is 4. The van der Waals surface area contributed by atoms with Crippen LogP contribution in [0.2, 0.25) is 5.02 Å². The van der Waals surface area contributed by atoms with Gasteiger partial charge in [-0.05, 0) is 77.3 Å². The molecule has 1 aliphatic carbocycles. The Morgan fingerprint density at radius 3 is 2.52 bits per heavy atom. The first-order valence-electron chi connectivity index (χ1n) is 16.3. The smallest absolute Gasteiger partial charge is 0.262 e. The molecule has 9 nitrogen and oxygen atoms in total. The highest BCUT2D eigenvalue weighted by Gasteiger charge is 2.24. The number of pyridine rings is 1. The van der Waals surface area contributed by atoms with Crippen LogP contribution in [0.1, 0.15) is 35.1 Å². The molecule has 1 aliphatic heterocycles. The maximum absolute atomic E-state index is 13.3.